The average molecular weight is 279 g/mol. The van der Waals surface area contributed by atoms with Gasteiger partial charge in [0.15, 0.2) is 0 Å². The number of carbonyl (C=O) groups is 1. The Balaban J connectivity index is 2.85. The molecule has 0 bridgehead atoms. The number of carbonyl (C=O) groups excluding carboxylic acids is 1. The predicted molar refractivity (Wildman–Crippen MR) is 78.5 cm³/mol. The van der Waals surface area contributed by atoms with Crippen molar-refractivity contribution in [3.63, 3.8) is 0 Å². The third-order valence-electron chi connectivity index (χ3n) is 2.99. The molecule has 1 atom stereocenters. The number of hydrogen-bond acceptors (Lipinski definition) is 4. The van der Waals surface area contributed by atoms with Gasteiger partial charge in [0.25, 0.3) is 5.69 Å². The van der Waals surface area contributed by atoms with Gasteiger partial charge in [-0.2, -0.15) is 0 Å². The van der Waals surface area contributed by atoms with Crippen molar-refractivity contribution in [3.05, 3.63) is 33.9 Å². The number of nitrogens with one attached hydrogen (secondary N) is 1. The molecule has 0 aliphatic rings. The summed E-state index contributed by atoms with van der Waals surface area (Å²) in [6, 6.07) is 4.08. The van der Waals surface area contributed by atoms with E-state index in [1.807, 2.05) is 20.8 Å². The number of nitrogens with two attached hydrogens (primary N) is 1. The second-order valence-electron chi connectivity index (χ2n) is 5.18. The summed E-state index contributed by atoms with van der Waals surface area (Å²) in [7, 11) is 0. The van der Waals surface area contributed by atoms with Gasteiger partial charge in [-0.1, -0.05) is 26.8 Å². The van der Waals surface area contributed by atoms with Gasteiger partial charge >= 0.3 is 0 Å². The summed E-state index contributed by atoms with van der Waals surface area (Å²) in [5.74, 6) is -0.00944. The summed E-state index contributed by atoms with van der Waals surface area (Å²) < 4.78 is 0. The lowest BCUT2D eigenvalue weighted by atomic mass is 10.0. The standard InChI is InChI=1S/C14H21N3O3/c1-4-10-5-6-11(8-13(10)17(19)20)16-14(18)12(15)7-9(2)3/h5-6,8-9,12H,4,7,15H2,1-3H3,(H,16,18)/t12-/m0/s1. The van der Waals surface area contributed by atoms with Crippen LogP contribution in [0.25, 0.3) is 0 Å². The Morgan fingerprint density at radius 2 is 2.10 bits per heavy atom. The first kappa shape index (κ1) is 16.1. The largest absolute Gasteiger partial charge is 0.324 e. The topological polar surface area (TPSA) is 98.3 Å². The molecule has 1 amide bonds. The maximum Gasteiger partial charge on any atom is 0.274 e. The fourth-order valence-electron chi connectivity index (χ4n) is 1.96. The van der Waals surface area contributed by atoms with Crippen LogP contribution < -0.4 is 11.1 Å². The van der Waals surface area contributed by atoms with Crippen LogP contribution in [-0.2, 0) is 11.2 Å². The fourth-order valence-corrected chi connectivity index (χ4v) is 1.96. The molecule has 1 rings (SSSR count). The van der Waals surface area contributed by atoms with Crippen molar-refractivity contribution < 1.29 is 9.72 Å². The summed E-state index contributed by atoms with van der Waals surface area (Å²) in [5, 5.41) is 13.6. The second kappa shape index (κ2) is 7.00. The van der Waals surface area contributed by atoms with E-state index < -0.39 is 11.0 Å². The van der Waals surface area contributed by atoms with Crippen LogP contribution in [0.15, 0.2) is 18.2 Å². The number of benzene rings is 1. The van der Waals surface area contributed by atoms with E-state index in [1.165, 1.54) is 6.07 Å². The second-order valence-corrected chi connectivity index (χ2v) is 5.18. The normalized spacial score (nSPS) is 12.2. The molecule has 0 spiro atoms. The predicted octanol–water partition coefficient (Wildman–Crippen LogP) is 2.47. The molecule has 6 heteroatoms. The summed E-state index contributed by atoms with van der Waals surface area (Å²) in [4.78, 5) is 22.4. The lowest BCUT2D eigenvalue weighted by molar-refractivity contribution is -0.385. The van der Waals surface area contributed by atoms with Crippen LogP contribution in [-0.4, -0.2) is 16.9 Å². The van der Waals surface area contributed by atoms with E-state index in [0.29, 0.717) is 30.0 Å². The Bertz CT molecular complexity index is 500. The van der Waals surface area contributed by atoms with Crippen molar-refractivity contribution in [2.24, 2.45) is 11.7 Å². The number of anilines is 1. The molecule has 6 nitrogen and oxygen atoms in total. The number of rotatable bonds is 6. The van der Waals surface area contributed by atoms with Crippen molar-refractivity contribution in [1.82, 2.24) is 0 Å². The smallest absolute Gasteiger partial charge is 0.274 e. The van der Waals surface area contributed by atoms with Crippen LogP contribution in [0.1, 0.15) is 32.8 Å². The van der Waals surface area contributed by atoms with Gasteiger partial charge in [0, 0.05) is 17.3 Å². The maximum absolute atomic E-state index is 11.9. The van der Waals surface area contributed by atoms with Gasteiger partial charge in [0.2, 0.25) is 5.91 Å². The Hall–Kier alpha value is -1.95. The van der Waals surface area contributed by atoms with Gasteiger partial charge in [-0.25, -0.2) is 0 Å². The number of hydrogen-bond donors (Lipinski definition) is 2. The molecule has 0 saturated carbocycles. The van der Waals surface area contributed by atoms with E-state index >= 15 is 0 Å². The van der Waals surface area contributed by atoms with Crippen LogP contribution in [0.2, 0.25) is 0 Å². The third-order valence-corrected chi connectivity index (χ3v) is 2.99. The molecule has 3 N–H and O–H groups in total. The summed E-state index contributed by atoms with van der Waals surface area (Å²) in [6.45, 7) is 5.81. The van der Waals surface area contributed by atoms with Gasteiger partial charge in [-0.3, -0.25) is 14.9 Å². The number of aryl methyl sites for hydroxylation is 1. The zero-order valence-corrected chi connectivity index (χ0v) is 12.1. The van der Waals surface area contributed by atoms with Crippen molar-refractivity contribution in [1.29, 1.82) is 0 Å². The highest BCUT2D eigenvalue weighted by atomic mass is 16.6. The van der Waals surface area contributed by atoms with Crippen molar-refractivity contribution in [2.75, 3.05) is 5.32 Å². The molecular formula is C14H21N3O3. The van der Waals surface area contributed by atoms with Crippen LogP contribution in [0.5, 0.6) is 0 Å². The van der Waals surface area contributed by atoms with Crippen molar-refractivity contribution in [3.8, 4) is 0 Å². The number of nitro groups is 1. The van der Waals surface area contributed by atoms with E-state index in [2.05, 4.69) is 5.32 Å². The van der Waals surface area contributed by atoms with Crippen LogP contribution >= 0.6 is 0 Å². The molecule has 0 heterocycles. The minimum atomic E-state index is -0.611. The highest BCUT2D eigenvalue weighted by molar-refractivity contribution is 5.95. The van der Waals surface area contributed by atoms with E-state index in [9.17, 15) is 14.9 Å². The molecule has 0 aliphatic heterocycles. The van der Waals surface area contributed by atoms with Crippen LogP contribution in [0, 0.1) is 16.0 Å². The molecule has 0 radical (unpaired) electrons. The van der Waals surface area contributed by atoms with Crippen LogP contribution in [0.3, 0.4) is 0 Å². The Kier molecular flexibility index (Phi) is 5.64. The fraction of sp³-hybridized carbons (Fsp3) is 0.500. The Labute approximate surface area is 118 Å². The lowest BCUT2D eigenvalue weighted by Gasteiger charge is -2.14. The van der Waals surface area contributed by atoms with Gasteiger partial charge in [-0.05, 0) is 24.8 Å². The highest BCUT2D eigenvalue weighted by Gasteiger charge is 2.17. The molecule has 0 aliphatic carbocycles. The first-order valence-electron chi connectivity index (χ1n) is 6.68. The molecule has 0 saturated heterocycles. The Morgan fingerprint density at radius 3 is 2.60 bits per heavy atom. The minimum absolute atomic E-state index is 0.0164. The Morgan fingerprint density at radius 1 is 1.45 bits per heavy atom. The summed E-state index contributed by atoms with van der Waals surface area (Å²) >= 11 is 0. The molecule has 0 aromatic heterocycles. The van der Waals surface area contributed by atoms with Gasteiger partial charge < -0.3 is 11.1 Å². The molecule has 1 aromatic rings. The van der Waals surface area contributed by atoms with Crippen LogP contribution in [0.4, 0.5) is 11.4 Å². The maximum atomic E-state index is 11.9. The molecule has 20 heavy (non-hydrogen) atoms. The summed E-state index contributed by atoms with van der Waals surface area (Å²) in [6.07, 6.45) is 1.14. The van der Waals surface area contributed by atoms with Crippen molar-refractivity contribution in [2.45, 2.75) is 39.7 Å². The van der Waals surface area contributed by atoms with E-state index in [-0.39, 0.29) is 11.6 Å². The van der Waals surface area contributed by atoms with E-state index in [1.54, 1.807) is 12.1 Å². The van der Waals surface area contributed by atoms with E-state index in [4.69, 9.17) is 5.73 Å². The average Bonchev–Trinajstić information content (AvgIpc) is 2.37. The first-order valence-corrected chi connectivity index (χ1v) is 6.68. The lowest BCUT2D eigenvalue weighted by Crippen LogP contribution is -2.36. The number of nitro benzene ring substituents is 1. The molecule has 110 valence electrons. The minimum Gasteiger partial charge on any atom is -0.324 e. The SMILES string of the molecule is CCc1ccc(NC(=O)[C@@H](N)CC(C)C)cc1[N+](=O)[O-]. The molecule has 0 unspecified atom stereocenters. The molecule has 0 fully saturated rings. The first-order chi connectivity index (χ1) is 9.35. The van der Waals surface area contributed by atoms with Gasteiger partial charge in [0.05, 0.1) is 11.0 Å². The molecule has 1 aromatic carbocycles. The highest BCUT2D eigenvalue weighted by Crippen LogP contribution is 2.23. The summed E-state index contributed by atoms with van der Waals surface area (Å²) in [5.41, 5.74) is 6.83. The van der Waals surface area contributed by atoms with Gasteiger partial charge in [0.1, 0.15) is 0 Å². The van der Waals surface area contributed by atoms with E-state index in [0.717, 1.165) is 0 Å². The zero-order chi connectivity index (χ0) is 15.3. The van der Waals surface area contributed by atoms with Gasteiger partial charge in [-0.15, -0.1) is 0 Å². The number of nitrogens with zero attached hydrogens (tertiary/aromatic N) is 1. The number of amides is 1. The monoisotopic (exact) mass is 279 g/mol. The van der Waals surface area contributed by atoms with Crippen molar-refractivity contribution >= 4 is 17.3 Å². The zero-order valence-electron chi connectivity index (χ0n) is 12.1. The third kappa shape index (κ3) is 4.31. The quantitative estimate of drug-likeness (QED) is 0.617. The molecular weight excluding hydrogens is 258 g/mol.